The molecule has 10 rings (SSSR count). The number of rotatable bonds is 6. The molecule has 4 aromatic carbocycles. The summed E-state index contributed by atoms with van der Waals surface area (Å²) in [7, 11) is 0. The largest absolute Gasteiger partial charge is 0.258 e. The highest BCUT2D eigenvalue weighted by Gasteiger charge is 2.29. The molecule has 0 fully saturated rings. The third-order valence-electron chi connectivity index (χ3n) is 12.1. The van der Waals surface area contributed by atoms with Gasteiger partial charge in [0.25, 0.3) is 0 Å². The first-order valence-electron chi connectivity index (χ1n) is 21.9. The van der Waals surface area contributed by atoms with Gasteiger partial charge in [-0.2, -0.15) is 0 Å². The Morgan fingerprint density at radius 2 is 0.391 bits per heavy atom. The van der Waals surface area contributed by atoms with Gasteiger partial charge in [-0.15, -0.1) is 0 Å². The predicted molar refractivity (Wildman–Crippen MR) is 262 cm³/mol. The molecule has 0 amide bonds. The summed E-state index contributed by atoms with van der Waals surface area (Å²) >= 11 is 0. The van der Waals surface area contributed by atoms with E-state index in [1.807, 2.05) is 39.8 Å². The van der Waals surface area contributed by atoms with Gasteiger partial charge >= 0.3 is 0 Å². The minimum absolute atomic E-state index is 0.688. The molecule has 8 nitrogen and oxygen atoms in total. The van der Waals surface area contributed by atoms with Crippen LogP contribution in [0.5, 0.6) is 0 Å². The van der Waals surface area contributed by atoms with Crippen LogP contribution in [0.3, 0.4) is 0 Å². The first-order chi connectivity index (χ1) is 30.6. The summed E-state index contributed by atoms with van der Waals surface area (Å²) < 4.78 is 0. The van der Waals surface area contributed by atoms with E-state index in [-0.39, 0.29) is 0 Å². The van der Waals surface area contributed by atoms with Crippen LogP contribution in [0.2, 0.25) is 0 Å². The lowest BCUT2D eigenvalue weighted by Gasteiger charge is -2.27. The van der Waals surface area contributed by atoms with Gasteiger partial charge in [0.2, 0.25) is 0 Å². The molecule has 0 N–H and O–H groups in total. The maximum Gasteiger partial charge on any atom is 0.159 e. The van der Waals surface area contributed by atoms with Crippen molar-refractivity contribution in [3.8, 4) is 67.3 Å². The zero-order valence-corrected chi connectivity index (χ0v) is 38.7. The molecule has 0 aliphatic heterocycles. The second-order valence-corrected chi connectivity index (χ2v) is 17.9. The monoisotopic (exact) mass is 834 g/mol. The Hall–Kier alpha value is -7.32. The van der Waals surface area contributed by atoms with Gasteiger partial charge in [-0.1, -0.05) is 0 Å². The van der Waals surface area contributed by atoms with Crippen LogP contribution in [0.25, 0.3) is 99.6 Å². The Bertz CT molecular complexity index is 3050. The summed E-state index contributed by atoms with van der Waals surface area (Å²) in [6.45, 7) is 24.8. The van der Waals surface area contributed by atoms with Crippen molar-refractivity contribution in [3.05, 3.63) is 153 Å². The number of hydrogen-bond acceptors (Lipinski definition) is 8. The third-order valence-corrected chi connectivity index (χ3v) is 12.1. The van der Waals surface area contributed by atoms with Crippen LogP contribution in [0, 0.1) is 83.1 Å². The Kier molecular flexibility index (Phi) is 9.67. The highest BCUT2D eigenvalue weighted by atomic mass is 14.9. The summed E-state index contributed by atoms with van der Waals surface area (Å²) in [5, 5.41) is 6.74. The van der Waals surface area contributed by atoms with Crippen LogP contribution < -0.4 is 0 Å². The number of hydrogen-bond donors (Lipinski definition) is 0. The SMILES string of the molecule is Cc1cc(-c2c(-c3cc(C)nc(C)c3)c3cc(-c4nc(C)cc(C)n4)cc4c(-c5cc(C)nc(C)c5)c(-c5cc(C)nc(C)c5)c5cc(-c6nc(C)cc(C)n6)cc2c5c34)cc(C)n1. The van der Waals surface area contributed by atoms with Gasteiger partial charge in [0.05, 0.1) is 0 Å². The molecule has 0 aliphatic carbocycles. The van der Waals surface area contributed by atoms with Crippen LogP contribution in [0.4, 0.5) is 0 Å². The molecule has 64 heavy (non-hydrogen) atoms. The topological polar surface area (TPSA) is 103 Å². The van der Waals surface area contributed by atoms with Gasteiger partial charge in [0.15, 0.2) is 11.6 Å². The Labute approximate surface area is 374 Å². The molecule has 8 heteroatoms. The normalized spacial score (nSPS) is 11.8. The fourth-order valence-electron chi connectivity index (χ4n) is 10.2. The highest BCUT2D eigenvalue weighted by molar-refractivity contribution is 6.37. The molecule has 0 saturated heterocycles. The minimum Gasteiger partial charge on any atom is -0.258 e. The molecule has 0 unspecified atom stereocenters. The summed E-state index contributed by atoms with van der Waals surface area (Å²) in [4.78, 5) is 40.0. The maximum atomic E-state index is 5.11. The molecule has 10 aromatic rings. The van der Waals surface area contributed by atoms with E-state index in [1.165, 1.54) is 0 Å². The van der Waals surface area contributed by atoms with Crippen LogP contribution in [0.1, 0.15) is 68.3 Å². The number of benzene rings is 4. The van der Waals surface area contributed by atoms with Crippen LogP contribution in [-0.4, -0.2) is 39.9 Å². The van der Waals surface area contributed by atoms with Gasteiger partial charge < -0.3 is 0 Å². The van der Waals surface area contributed by atoms with Crippen molar-refractivity contribution in [2.75, 3.05) is 0 Å². The van der Waals surface area contributed by atoms with Crippen molar-refractivity contribution in [1.82, 2.24) is 39.9 Å². The molecule has 6 aromatic heterocycles. The molecule has 0 atom stereocenters. The fraction of sp³-hybridized carbons (Fsp3) is 0.214. The third kappa shape index (κ3) is 7.13. The molecule has 0 spiro atoms. The van der Waals surface area contributed by atoms with Gasteiger partial charge in [-0.3, -0.25) is 19.9 Å². The van der Waals surface area contributed by atoms with Crippen molar-refractivity contribution < 1.29 is 0 Å². The Morgan fingerprint density at radius 1 is 0.203 bits per heavy atom. The van der Waals surface area contributed by atoms with E-state index in [9.17, 15) is 0 Å². The van der Waals surface area contributed by atoms with E-state index in [0.29, 0.717) is 11.6 Å². The molecular weight excluding hydrogens is 785 g/mol. The second-order valence-electron chi connectivity index (χ2n) is 17.9. The van der Waals surface area contributed by atoms with Crippen LogP contribution >= 0.6 is 0 Å². The Morgan fingerprint density at radius 3 is 0.594 bits per heavy atom. The van der Waals surface area contributed by atoms with Crippen molar-refractivity contribution in [2.24, 2.45) is 0 Å². The van der Waals surface area contributed by atoms with E-state index >= 15 is 0 Å². The lowest BCUT2D eigenvalue weighted by molar-refractivity contribution is 1.06. The Balaban J connectivity index is 1.58. The number of aromatic nitrogens is 8. The predicted octanol–water partition coefficient (Wildman–Crippen LogP) is 13.4. The number of aryl methyl sites for hydroxylation is 12. The second kappa shape index (κ2) is 15.2. The van der Waals surface area contributed by atoms with Crippen molar-refractivity contribution in [1.29, 1.82) is 0 Å². The molecule has 0 aliphatic rings. The summed E-state index contributed by atoms with van der Waals surface area (Å²) in [5.74, 6) is 1.38. The van der Waals surface area contributed by atoms with Crippen molar-refractivity contribution in [3.63, 3.8) is 0 Å². The molecule has 0 bridgehead atoms. The summed E-state index contributed by atoms with van der Waals surface area (Å²) in [5.41, 5.74) is 21.9. The first-order valence-corrected chi connectivity index (χ1v) is 21.9. The van der Waals surface area contributed by atoms with Gasteiger partial charge in [0, 0.05) is 79.5 Å². The lowest BCUT2D eigenvalue weighted by atomic mass is 9.76. The van der Waals surface area contributed by atoms with E-state index in [0.717, 1.165) is 156 Å². The van der Waals surface area contributed by atoms with Crippen LogP contribution in [-0.2, 0) is 0 Å². The highest BCUT2D eigenvalue weighted by Crippen LogP contribution is 2.55. The smallest absolute Gasteiger partial charge is 0.159 e. The number of pyridine rings is 4. The lowest BCUT2D eigenvalue weighted by Crippen LogP contribution is -2.02. The fourth-order valence-corrected chi connectivity index (χ4v) is 10.2. The average Bonchev–Trinajstić information content (AvgIpc) is 3.19. The van der Waals surface area contributed by atoms with Gasteiger partial charge in [0.1, 0.15) is 0 Å². The van der Waals surface area contributed by atoms with E-state index in [2.05, 4.69) is 128 Å². The van der Waals surface area contributed by atoms with E-state index < -0.39 is 0 Å². The quantitative estimate of drug-likeness (QED) is 0.153. The van der Waals surface area contributed by atoms with E-state index in [1.54, 1.807) is 0 Å². The zero-order valence-electron chi connectivity index (χ0n) is 38.7. The first kappa shape index (κ1) is 40.7. The number of nitrogens with zero attached hydrogens (tertiary/aromatic N) is 8. The molecular formula is C56H50N8. The zero-order chi connectivity index (χ0) is 44.9. The van der Waals surface area contributed by atoms with Crippen molar-refractivity contribution in [2.45, 2.75) is 83.1 Å². The van der Waals surface area contributed by atoms with Gasteiger partial charge in [-0.05, 0) is 245 Å². The van der Waals surface area contributed by atoms with Crippen LogP contribution in [0.15, 0.2) is 84.9 Å². The summed E-state index contributed by atoms with van der Waals surface area (Å²) in [6, 6.07) is 31.2. The average molecular weight is 835 g/mol. The molecule has 6 heterocycles. The molecule has 0 saturated carbocycles. The molecule has 314 valence electrons. The maximum absolute atomic E-state index is 5.11. The van der Waals surface area contributed by atoms with E-state index in [4.69, 9.17) is 39.9 Å². The minimum atomic E-state index is 0.688. The van der Waals surface area contributed by atoms with Crippen molar-refractivity contribution >= 4 is 32.3 Å². The molecule has 0 radical (unpaired) electrons. The summed E-state index contributed by atoms with van der Waals surface area (Å²) in [6.07, 6.45) is 0. The van der Waals surface area contributed by atoms with Gasteiger partial charge in [-0.25, -0.2) is 19.9 Å². The standard InChI is InChI=1S/C56H50N8/c1-27-13-28(2)62-55(61-27)43-23-45-49(39-15-31(5)57-32(6)16-39)51(41-19-35(9)59-36(10)20-41)47-25-44(56-63-29(3)14-30(4)64-56)26-48-52(42-21-37(11)60-38(12)22-42)50(46(24-43)53(45)54(47)48)40-17-33(7)58-34(8)18-40/h13-26H,1-12H3.